The zero-order chi connectivity index (χ0) is 15.5. The van der Waals surface area contributed by atoms with Crippen molar-refractivity contribution in [1.29, 1.82) is 0 Å². The van der Waals surface area contributed by atoms with Crippen LogP contribution in [0.5, 0.6) is 0 Å². The molecule has 122 valence electrons. The number of aliphatic hydroxyl groups excluding tert-OH is 2. The van der Waals surface area contributed by atoms with Gasteiger partial charge in [-0.25, -0.2) is 0 Å². The topological polar surface area (TPSA) is 65.4 Å². The molecule has 0 rings (SSSR count). The maximum absolute atomic E-state index is 9.35. The predicted octanol–water partition coefficient (Wildman–Crippen LogP) is -0.357. The highest BCUT2D eigenvalue weighted by molar-refractivity contribution is 4.69. The van der Waals surface area contributed by atoms with Crippen LogP contribution in [0.3, 0.4) is 0 Å². The minimum absolute atomic E-state index is 0.0103. The van der Waals surface area contributed by atoms with Crippen molar-refractivity contribution in [1.82, 2.24) is 9.80 Å². The van der Waals surface area contributed by atoms with E-state index in [2.05, 4.69) is 9.80 Å². The van der Waals surface area contributed by atoms with Crippen LogP contribution < -0.4 is 0 Å². The molecule has 0 aliphatic heterocycles. The minimum atomic E-state index is -0.522. The molecule has 2 N–H and O–H groups in total. The van der Waals surface area contributed by atoms with Crippen LogP contribution in [0.2, 0.25) is 0 Å². The van der Waals surface area contributed by atoms with Crippen LogP contribution in [-0.4, -0.2) is 99.4 Å². The average molecular weight is 292 g/mol. The van der Waals surface area contributed by atoms with E-state index in [4.69, 9.17) is 9.47 Å². The molecule has 0 bridgehead atoms. The summed E-state index contributed by atoms with van der Waals surface area (Å²) in [4.78, 5) is 4.13. The number of ether oxygens (including phenoxy) is 2. The van der Waals surface area contributed by atoms with E-state index < -0.39 is 6.10 Å². The van der Waals surface area contributed by atoms with E-state index in [0.717, 1.165) is 13.1 Å². The molecule has 0 saturated heterocycles. The first kappa shape index (κ1) is 19.8. The van der Waals surface area contributed by atoms with Gasteiger partial charge in [-0.3, -0.25) is 0 Å². The van der Waals surface area contributed by atoms with Crippen molar-refractivity contribution < 1.29 is 19.7 Å². The summed E-state index contributed by atoms with van der Waals surface area (Å²) in [7, 11) is 8.00. The van der Waals surface area contributed by atoms with Gasteiger partial charge in [0.25, 0.3) is 0 Å². The SMILES string of the molecule is CC(O)COC(CO)CC(CN(C)C)OCCN(C)C. The number of likely N-dealkylation sites (N-methyl/N-ethyl adjacent to an activating group) is 2. The Bertz CT molecular complexity index is 225. The van der Waals surface area contributed by atoms with Gasteiger partial charge in [0.1, 0.15) is 0 Å². The molecule has 0 amide bonds. The van der Waals surface area contributed by atoms with Gasteiger partial charge in [0, 0.05) is 19.5 Å². The Hall–Kier alpha value is -0.240. The van der Waals surface area contributed by atoms with Crippen molar-refractivity contribution >= 4 is 0 Å². The van der Waals surface area contributed by atoms with Crippen LogP contribution in [0.15, 0.2) is 0 Å². The van der Waals surface area contributed by atoms with Crippen molar-refractivity contribution in [2.75, 3.05) is 61.1 Å². The molecule has 6 heteroatoms. The van der Waals surface area contributed by atoms with Crippen LogP contribution in [0.4, 0.5) is 0 Å². The maximum atomic E-state index is 9.35. The number of nitrogens with zero attached hydrogens (tertiary/aromatic N) is 2. The number of hydrogen-bond donors (Lipinski definition) is 2. The molecule has 3 atom stereocenters. The van der Waals surface area contributed by atoms with Gasteiger partial charge >= 0.3 is 0 Å². The Morgan fingerprint density at radius 3 is 2.10 bits per heavy atom. The van der Waals surface area contributed by atoms with Gasteiger partial charge in [0.15, 0.2) is 0 Å². The average Bonchev–Trinajstić information content (AvgIpc) is 2.32. The van der Waals surface area contributed by atoms with Crippen LogP contribution in [0, 0.1) is 0 Å². The van der Waals surface area contributed by atoms with Gasteiger partial charge in [0.05, 0.1) is 38.1 Å². The molecule has 6 nitrogen and oxygen atoms in total. The van der Waals surface area contributed by atoms with Crippen molar-refractivity contribution in [2.24, 2.45) is 0 Å². The van der Waals surface area contributed by atoms with Gasteiger partial charge in [-0.2, -0.15) is 0 Å². The Morgan fingerprint density at radius 1 is 1.00 bits per heavy atom. The normalized spacial score (nSPS) is 16.6. The van der Waals surface area contributed by atoms with E-state index in [-0.39, 0.29) is 25.4 Å². The quantitative estimate of drug-likeness (QED) is 0.512. The molecule has 0 fully saturated rings. The van der Waals surface area contributed by atoms with Gasteiger partial charge in [-0.15, -0.1) is 0 Å². The highest BCUT2D eigenvalue weighted by Crippen LogP contribution is 2.08. The van der Waals surface area contributed by atoms with Crippen molar-refractivity contribution in [3.63, 3.8) is 0 Å². The lowest BCUT2D eigenvalue weighted by Crippen LogP contribution is -2.36. The van der Waals surface area contributed by atoms with Crippen molar-refractivity contribution in [3.8, 4) is 0 Å². The molecule has 20 heavy (non-hydrogen) atoms. The number of aliphatic hydroxyl groups is 2. The molecule has 0 aliphatic carbocycles. The fourth-order valence-corrected chi connectivity index (χ4v) is 1.77. The summed E-state index contributed by atoms with van der Waals surface area (Å²) in [5, 5.41) is 18.6. The lowest BCUT2D eigenvalue weighted by atomic mass is 10.1. The summed E-state index contributed by atoms with van der Waals surface area (Å²) in [6.07, 6.45) is -0.189. The zero-order valence-electron chi connectivity index (χ0n) is 13.6. The molecule has 0 spiro atoms. The largest absolute Gasteiger partial charge is 0.394 e. The smallest absolute Gasteiger partial charge is 0.0832 e. The van der Waals surface area contributed by atoms with E-state index in [1.54, 1.807) is 6.92 Å². The number of hydrogen-bond acceptors (Lipinski definition) is 6. The van der Waals surface area contributed by atoms with Crippen LogP contribution in [0.1, 0.15) is 13.3 Å². The van der Waals surface area contributed by atoms with Crippen LogP contribution >= 0.6 is 0 Å². The highest BCUT2D eigenvalue weighted by Gasteiger charge is 2.18. The first-order chi connectivity index (χ1) is 9.35. The first-order valence-electron chi connectivity index (χ1n) is 7.16. The molecular formula is C14H32N2O4. The Morgan fingerprint density at radius 2 is 1.65 bits per heavy atom. The monoisotopic (exact) mass is 292 g/mol. The maximum Gasteiger partial charge on any atom is 0.0832 e. The summed E-state index contributed by atoms with van der Waals surface area (Å²) < 4.78 is 11.3. The lowest BCUT2D eigenvalue weighted by molar-refractivity contribution is -0.0640. The van der Waals surface area contributed by atoms with E-state index >= 15 is 0 Å². The minimum Gasteiger partial charge on any atom is -0.394 e. The molecule has 3 unspecified atom stereocenters. The molecule has 0 aromatic heterocycles. The molecule has 0 aromatic rings. The summed E-state index contributed by atoms with van der Waals surface area (Å²) in [5.74, 6) is 0. The van der Waals surface area contributed by atoms with Gasteiger partial charge in [-0.05, 0) is 35.1 Å². The third kappa shape index (κ3) is 11.6. The fourth-order valence-electron chi connectivity index (χ4n) is 1.77. The molecule has 0 aliphatic rings. The zero-order valence-corrected chi connectivity index (χ0v) is 13.6. The van der Waals surface area contributed by atoms with E-state index in [0.29, 0.717) is 13.0 Å². The summed E-state index contributed by atoms with van der Waals surface area (Å²) in [6.45, 7) is 4.13. The second-order valence-electron chi connectivity index (χ2n) is 5.78. The standard InChI is InChI=1S/C14H32N2O4/c1-12(18)11-20-14(10-17)8-13(9-16(4)5)19-7-6-15(2)3/h12-14,17-18H,6-11H2,1-5H3. The van der Waals surface area contributed by atoms with Crippen LogP contribution in [0.25, 0.3) is 0 Å². The molecular weight excluding hydrogens is 260 g/mol. The van der Waals surface area contributed by atoms with Gasteiger partial charge in [-0.1, -0.05) is 0 Å². The van der Waals surface area contributed by atoms with Gasteiger partial charge < -0.3 is 29.5 Å². The second-order valence-corrected chi connectivity index (χ2v) is 5.78. The first-order valence-corrected chi connectivity index (χ1v) is 7.16. The van der Waals surface area contributed by atoms with E-state index in [1.807, 2.05) is 28.2 Å². The summed E-state index contributed by atoms with van der Waals surface area (Å²) in [5.41, 5.74) is 0. The Balaban J connectivity index is 4.21. The molecule has 0 heterocycles. The van der Waals surface area contributed by atoms with Crippen molar-refractivity contribution in [3.05, 3.63) is 0 Å². The van der Waals surface area contributed by atoms with Gasteiger partial charge in [0.2, 0.25) is 0 Å². The predicted molar refractivity (Wildman–Crippen MR) is 80.0 cm³/mol. The molecule has 0 radical (unpaired) electrons. The Kier molecular flexibility index (Phi) is 11.3. The summed E-state index contributed by atoms with van der Waals surface area (Å²) in [6, 6.07) is 0. The highest BCUT2D eigenvalue weighted by atomic mass is 16.5. The lowest BCUT2D eigenvalue weighted by Gasteiger charge is -2.26. The Labute approximate surface area is 123 Å². The van der Waals surface area contributed by atoms with E-state index in [9.17, 15) is 10.2 Å². The summed E-state index contributed by atoms with van der Waals surface area (Å²) >= 11 is 0. The van der Waals surface area contributed by atoms with Crippen LogP contribution in [-0.2, 0) is 9.47 Å². The third-order valence-corrected chi connectivity index (χ3v) is 2.76. The second kappa shape index (κ2) is 11.4. The molecule has 0 aromatic carbocycles. The number of rotatable bonds is 12. The fraction of sp³-hybridized carbons (Fsp3) is 1.00. The van der Waals surface area contributed by atoms with Crippen molar-refractivity contribution in [2.45, 2.75) is 31.7 Å². The third-order valence-electron chi connectivity index (χ3n) is 2.76. The molecule has 0 saturated carbocycles. The van der Waals surface area contributed by atoms with E-state index in [1.165, 1.54) is 0 Å².